The molecule has 0 spiro atoms. The van der Waals surface area contributed by atoms with Crippen LogP contribution in [0.15, 0.2) is 0 Å². The van der Waals surface area contributed by atoms with Gasteiger partial charge in [0.25, 0.3) is 0 Å². The van der Waals surface area contributed by atoms with E-state index < -0.39 is 15.6 Å². The largest absolute Gasteiger partial charge is 0.381 e. The number of sulfonamides is 1. The minimum atomic E-state index is -3.25. The zero-order valence-electron chi connectivity index (χ0n) is 10.0. The van der Waals surface area contributed by atoms with E-state index in [0.717, 1.165) is 0 Å². The molecule has 0 saturated carbocycles. The van der Waals surface area contributed by atoms with Gasteiger partial charge in [-0.15, -0.1) is 0 Å². The van der Waals surface area contributed by atoms with Gasteiger partial charge in [-0.3, -0.25) is 0 Å². The Morgan fingerprint density at radius 1 is 1.38 bits per heavy atom. The van der Waals surface area contributed by atoms with Gasteiger partial charge in [-0.05, 0) is 39.7 Å². The first-order valence-electron chi connectivity index (χ1n) is 5.68. The second-order valence-corrected chi connectivity index (χ2v) is 6.84. The Morgan fingerprint density at radius 3 is 2.44 bits per heavy atom. The van der Waals surface area contributed by atoms with Gasteiger partial charge in [-0.1, -0.05) is 0 Å². The summed E-state index contributed by atoms with van der Waals surface area (Å²) in [4.78, 5) is 0. The molecule has 1 rings (SSSR count). The van der Waals surface area contributed by atoms with Crippen molar-refractivity contribution in [3.8, 4) is 0 Å². The molecule has 0 bridgehead atoms. The van der Waals surface area contributed by atoms with Gasteiger partial charge < -0.3 is 10.5 Å². The second-order valence-electron chi connectivity index (χ2n) is 4.88. The number of hydrogen-bond donors (Lipinski definition) is 2. The van der Waals surface area contributed by atoms with Gasteiger partial charge in [0.1, 0.15) is 0 Å². The van der Waals surface area contributed by atoms with E-state index in [0.29, 0.717) is 39.0 Å². The maximum absolute atomic E-state index is 12.1. The van der Waals surface area contributed by atoms with Crippen molar-refractivity contribution in [3.63, 3.8) is 0 Å². The van der Waals surface area contributed by atoms with Crippen LogP contribution in [0.25, 0.3) is 0 Å². The van der Waals surface area contributed by atoms with Crippen molar-refractivity contribution in [1.29, 1.82) is 0 Å². The first kappa shape index (κ1) is 13.9. The minimum absolute atomic E-state index is 0.321. The van der Waals surface area contributed by atoms with Gasteiger partial charge in [0.05, 0.1) is 5.25 Å². The lowest BCUT2D eigenvalue weighted by atomic mass is 10.0. The molecule has 1 heterocycles. The van der Waals surface area contributed by atoms with E-state index in [4.69, 9.17) is 10.5 Å². The Morgan fingerprint density at radius 2 is 1.94 bits per heavy atom. The van der Waals surface area contributed by atoms with Crippen LogP contribution in [0.5, 0.6) is 0 Å². The van der Waals surface area contributed by atoms with Crippen molar-refractivity contribution in [1.82, 2.24) is 4.72 Å². The van der Waals surface area contributed by atoms with Gasteiger partial charge >= 0.3 is 0 Å². The molecule has 0 aromatic carbocycles. The van der Waals surface area contributed by atoms with Gasteiger partial charge in [0, 0.05) is 18.8 Å². The average Bonchev–Trinajstić information content (AvgIpc) is 2.17. The average molecular weight is 250 g/mol. The molecule has 1 fully saturated rings. The molecule has 3 N–H and O–H groups in total. The summed E-state index contributed by atoms with van der Waals surface area (Å²) in [5.74, 6) is 0. The lowest BCUT2D eigenvalue weighted by molar-refractivity contribution is 0.0979. The van der Waals surface area contributed by atoms with Crippen LogP contribution in [0.1, 0.15) is 33.1 Å². The molecule has 96 valence electrons. The van der Waals surface area contributed by atoms with Crippen molar-refractivity contribution < 1.29 is 13.2 Å². The van der Waals surface area contributed by atoms with E-state index in [-0.39, 0.29) is 5.25 Å². The predicted octanol–water partition coefficient (Wildman–Crippen LogP) is 0.212. The second kappa shape index (κ2) is 5.44. The molecule has 0 atom stereocenters. The zero-order chi connectivity index (χ0) is 12.2. The third-order valence-electron chi connectivity index (χ3n) is 2.80. The maximum Gasteiger partial charge on any atom is 0.215 e. The fourth-order valence-electron chi connectivity index (χ4n) is 1.87. The molecule has 16 heavy (non-hydrogen) atoms. The Hall–Kier alpha value is -0.170. The van der Waals surface area contributed by atoms with Crippen LogP contribution in [-0.2, 0) is 14.8 Å². The van der Waals surface area contributed by atoms with E-state index >= 15 is 0 Å². The van der Waals surface area contributed by atoms with Crippen LogP contribution in [0.3, 0.4) is 0 Å². The molecule has 1 aliphatic heterocycles. The van der Waals surface area contributed by atoms with Crippen LogP contribution in [0, 0.1) is 0 Å². The predicted molar refractivity (Wildman–Crippen MR) is 63.6 cm³/mol. The summed E-state index contributed by atoms with van der Waals surface area (Å²) in [6.45, 7) is 5.25. The molecule has 5 nitrogen and oxygen atoms in total. The molecule has 0 radical (unpaired) electrons. The van der Waals surface area contributed by atoms with E-state index in [1.807, 2.05) is 13.8 Å². The number of hydrogen-bond acceptors (Lipinski definition) is 4. The Kier molecular flexibility index (Phi) is 4.73. The lowest BCUT2D eigenvalue weighted by Gasteiger charge is -2.30. The third kappa shape index (κ3) is 4.01. The third-order valence-corrected chi connectivity index (χ3v) is 4.98. The molecular formula is C10H22N2O3S. The lowest BCUT2D eigenvalue weighted by Crippen LogP contribution is -2.49. The van der Waals surface area contributed by atoms with E-state index in [9.17, 15) is 8.42 Å². The van der Waals surface area contributed by atoms with E-state index in [1.54, 1.807) is 0 Å². The first-order chi connectivity index (χ1) is 7.37. The summed E-state index contributed by atoms with van der Waals surface area (Å²) in [6.07, 6.45) is 1.79. The van der Waals surface area contributed by atoms with Gasteiger partial charge in [-0.2, -0.15) is 0 Å². The van der Waals surface area contributed by atoms with Gasteiger partial charge in [0.15, 0.2) is 0 Å². The van der Waals surface area contributed by atoms with Crippen LogP contribution in [0.4, 0.5) is 0 Å². The number of ether oxygens (including phenoxy) is 1. The van der Waals surface area contributed by atoms with Gasteiger partial charge in [0.2, 0.25) is 10.0 Å². The molecule has 1 aliphatic rings. The summed E-state index contributed by atoms with van der Waals surface area (Å²) >= 11 is 0. The topological polar surface area (TPSA) is 81.4 Å². The Balaban J connectivity index is 2.63. The highest BCUT2D eigenvalue weighted by atomic mass is 32.2. The quantitative estimate of drug-likeness (QED) is 0.731. The Labute approximate surface area is 97.8 Å². The van der Waals surface area contributed by atoms with Crippen LogP contribution >= 0.6 is 0 Å². The fourth-order valence-corrected chi connectivity index (χ4v) is 3.72. The molecule has 0 aromatic heterocycles. The van der Waals surface area contributed by atoms with E-state index in [1.165, 1.54) is 0 Å². The molecule has 1 saturated heterocycles. The first-order valence-corrected chi connectivity index (χ1v) is 7.23. The molecular weight excluding hydrogens is 228 g/mol. The standard InChI is InChI=1S/C10H22N2O3S/c1-10(2,5-6-11)12-16(13,14)9-3-7-15-8-4-9/h9,12H,3-8,11H2,1-2H3. The molecule has 0 amide bonds. The molecule has 6 heteroatoms. The summed E-state index contributed by atoms with van der Waals surface area (Å²) in [6, 6.07) is 0. The molecule has 0 aromatic rings. The number of nitrogens with two attached hydrogens (primary N) is 1. The van der Waals surface area contributed by atoms with Crippen molar-refractivity contribution in [2.75, 3.05) is 19.8 Å². The van der Waals surface area contributed by atoms with Crippen molar-refractivity contribution in [2.24, 2.45) is 5.73 Å². The summed E-state index contributed by atoms with van der Waals surface area (Å²) in [5, 5.41) is -0.321. The SMILES string of the molecule is CC(C)(CCN)NS(=O)(=O)C1CCOCC1. The highest BCUT2D eigenvalue weighted by molar-refractivity contribution is 7.90. The van der Waals surface area contributed by atoms with Gasteiger partial charge in [-0.25, -0.2) is 13.1 Å². The number of nitrogens with one attached hydrogen (secondary N) is 1. The highest BCUT2D eigenvalue weighted by Crippen LogP contribution is 2.18. The van der Waals surface area contributed by atoms with Crippen LogP contribution in [-0.4, -0.2) is 39.0 Å². The fraction of sp³-hybridized carbons (Fsp3) is 1.00. The van der Waals surface area contributed by atoms with Crippen molar-refractivity contribution in [3.05, 3.63) is 0 Å². The normalized spacial score (nSPS) is 19.9. The van der Waals surface area contributed by atoms with E-state index in [2.05, 4.69) is 4.72 Å². The summed E-state index contributed by atoms with van der Waals surface area (Å²) < 4.78 is 32.0. The highest BCUT2D eigenvalue weighted by Gasteiger charge is 2.32. The van der Waals surface area contributed by atoms with Crippen molar-refractivity contribution in [2.45, 2.75) is 43.9 Å². The Bertz CT molecular complexity index is 308. The monoisotopic (exact) mass is 250 g/mol. The summed E-state index contributed by atoms with van der Waals surface area (Å²) in [7, 11) is -3.25. The zero-order valence-corrected chi connectivity index (χ0v) is 10.8. The van der Waals surface area contributed by atoms with Crippen molar-refractivity contribution >= 4 is 10.0 Å². The number of rotatable bonds is 5. The molecule has 0 unspecified atom stereocenters. The van der Waals surface area contributed by atoms with Crippen LogP contribution in [0.2, 0.25) is 0 Å². The smallest absolute Gasteiger partial charge is 0.215 e. The maximum atomic E-state index is 12.1. The molecule has 0 aliphatic carbocycles. The summed E-state index contributed by atoms with van der Waals surface area (Å²) in [5.41, 5.74) is 4.99. The minimum Gasteiger partial charge on any atom is -0.381 e. The van der Waals surface area contributed by atoms with Crippen LogP contribution < -0.4 is 10.5 Å².